The van der Waals surface area contributed by atoms with Gasteiger partial charge in [0.25, 0.3) is 11.8 Å². The van der Waals surface area contributed by atoms with Gasteiger partial charge in [0.2, 0.25) is 0 Å². The fraction of sp³-hybridized carbons (Fsp3) is 0.208. The van der Waals surface area contributed by atoms with Crippen LogP contribution < -0.4 is 14.8 Å². The number of hydrogen-bond donors (Lipinski definition) is 1. The van der Waals surface area contributed by atoms with Crippen molar-refractivity contribution in [1.29, 1.82) is 0 Å². The average Bonchev–Trinajstić information content (AvgIpc) is 3.03. The topological polar surface area (TPSA) is 67.9 Å². The van der Waals surface area contributed by atoms with Crippen molar-refractivity contribution in [2.45, 2.75) is 13.8 Å². The number of aryl methyl sites for hydroxylation is 1. The van der Waals surface area contributed by atoms with E-state index in [4.69, 9.17) is 21.7 Å². The van der Waals surface area contributed by atoms with Gasteiger partial charge in [0.05, 0.1) is 16.5 Å². The van der Waals surface area contributed by atoms with Crippen molar-refractivity contribution in [3.63, 3.8) is 0 Å². The summed E-state index contributed by atoms with van der Waals surface area (Å²) in [6.45, 7) is 7.78. The maximum atomic E-state index is 12.6. The predicted octanol–water partition coefficient (Wildman–Crippen LogP) is 5.48. The number of ether oxygens (including phenoxy) is 2. The van der Waals surface area contributed by atoms with Crippen LogP contribution in [0.2, 0.25) is 0 Å². The van der Waals surface area contributed by atoms with Gasteiger partial charge in [-0.2, -0.15) is 0 Å². The molecule has 1 heterocycles. The molecule has 0 aliphatic carbocycles. The molecule has 6 nitrogen and oxygen atoms in total. The number of thioether (sulfide) groups is 1. The van der Waals surface area contributed by atoms with E-state index in [1.165, 1.54) is 23.8 Å². The number of nitrogens with one attached hydrogen (secondary N) is 1. The summed E-state index contributed by atoms with van der Waals surface area (Å²) in [5, 5.41) is 2.87. The first kappa shape index (κ1) is 25.0. The molecule has 3 rings (SSSR count). The number of carbonyl (C=O) groups is 2. The standard InChI is InChI=1S/C24H23BrN2O4S2/c1-5-9-27-23(29)20(33-24(27)32)12-16-10-17(25)22(19(11-16)30-4)31-13-21(28)26-18-8-6-7-14(2)15(18)3/h5-8,10-12H,1,9,13H2,2-4H3,(H,26,28)/b20-12-. The summed E-state index contributed by atoms with van der Waals surface area (Å²) >= 11 is 10.0. The van der Waals surface area contributed by atoms with Gasteiger partial charge < -0.3 is 14.8 Å². The molecule has 0 spiro atoms. The Bertz CT molecular complexity index is 1160. The quantitative estimate of drug-likeness (QED) is 0.268. The third-order valence-corrected chi connectivity index (χ3v) is 6.93. The third kappa shape index (κ3) is 5.85. The van der Waals surface area contributed by atoms with Gasteiger partial charge in [-0.3, -0.25) is 14.5 Å². The summed E-state index contributed by atoms with van der Waals surface area (Å²) in [6, 6.07) is 9.26. The molecule has 1 N–H and O–H groups in total. The molecule has 0 unspecified atom stereocenters. The second kappa shape index (κ2) is 11.0. The van der Waals surface area contributed by atoms with E-state index >= 15 is 0 Å². The SMILES string of the molecule is C=CCN1C(=O)/C(=C/c2cc(Br)c(OCC(=O)Nc3cccc(C)c3C)c(OC)c2)SC1=S. The lowest BCUT2D eigenvalue weighted by atomic mass is 10.1. The molecule has 2 amide bonds. The Kier molecular flexibility index (Phi) is 8.34. The van der Waals surface area contributed by atoms with E-state index in [0.29, 0.717) is 31.7 Å². The Morgan fingerprint density at radius 1 is 1.33 bits per heavy atom. The second-order valence-corrected chi connectivity index (χ2v) is 9.73. The minimum absolute atomic E-state index is 0.163. The largest absolute Gasteiger partial charge is 0.493 e. The number of amides is 2. The van der Waals surface area contributed by atoms with E-state index in [2.05, 4.69) is 27.8 Å². The van der Waals surface area contributed by atoms with E-state index in [9.17, 15) is 9.59 Å². The Morgan fingerprint density at radius 3 is 2.79 bits per heavy atom. The van der Waals surface area contributed by atoms with E-state index < -0.39 is 0 Å². The van der Waals surface area contributed by atoms with E-state index in [1.54, 1.807) is 24.3 Å². The number of thiocarbonyl (C=S) groups is 1. The lowest BCUT2D eigenvalue weighted by Gasteiger charge is -2.15. The maximum Gasteiger partial charge on any atom is 0.266 e. The van der Waals surface area contributed by atoms with Crippen LogP contribution in [0.3, 0.4) is 0 Å². The number of rotatable bonds is 8. The van der Waals surface area contributed by atoms with Gasteiger partial charge in [0, 0.05) is 12.2 Å². The molecule has 2 aromatic rings. The highest BCUT2D eigenvalue weighted by molar-refractivity contribution is 9.10. The van der Waals surface area contributed by atoms with Gasteiger partial charge in [-0.25, -0.2) is 0 Å². The van der Waals surface area contributed by atoms with Crippen LogP contribution in [-0.4, -0.2) is 41.3 Å². The molecule has 0 radical (unpaired) electrons. The van der Waals surface area contributed by atoms with Crippen molar-refractivity contribution in [2.24, 2.45) is 0 Å². The van der Waals surface area contributed by atoms with E-state index in [0.717, 1.165) is 22.4 Å². The minimum atomic E-state index is -0.285. The highest BCUT2D eigenvalue weighted by Gasteiger charge is 2.31. The number of nitrogens with zero attached hydrogens (tertiary/aromatic N) is 1. The van der Waals surface area contributed by atoms with Crippen molar-refractivity contribution in [1.82, 2.24) is 4.90 Å². The first-order chi connectivity index (χ1) is 15.7. The fourth-order valence-electron chi connectivity index (χ4n) is 3.11. The third-order valence-electron chi connectivity index (χ3n) is 4.96. The molecule has 0 atom stereocenters. The monoisotopic (exact) mass is 546 g/mol. The lowest BCUT2D eigenvalue weighted by Crippen LogP contribution is -2.27. The molecule has 1 fully saturated rings. The van der Waals surface area contributed by atoms with Crippen LogP contribution in [0.4, 0.5) is 5.69 Å². The van der Waals surface area contributed by atoms with Gasteiger partial charge in [-0.1, -0.05) is 42.2 Å². The normalized spacial score (nSPS) is 14.5. The predicted molar refractivity (Wildman–Crippen MR) is 141 cm³/mol. The molecule has 1 saturated heterocycles. The van der Waals surface area contributed by atoms with Crippen LogP contribution >= 0.6 is 39.9 Å². The lowest BCUT2D eigenvalue weighted by molar-refractivity contribution is -0.121. The Hall–Kier alpha value is -2.62. The summed E-state index contributed by atoms with van der Waals surface area (Å²) in [6.07, 6.45) is 3.38. The molecule has 9 heteroatoms. The molecule has 2 aromatic carbocycles. The summed E-state index contributed by atoms with van der Waals surface area (Å²) in [4.78, 5) is 27.0. The molecule has 1 aliphatic rings. The number of benzene rings is 2. The van der Waals surface area contributed by atoms with Gasteiger partial charge in [0.1, 0.15) is 4.32 Å². The zero-order valence-corrected chi connectivity index (χ0v) is 21.7. The average molecular weight is 547 g/mol. The van der Waals surface area contributed by atoms with Crippen LogP contribution in [0.15, 0.2) is 52.4 Å². The van der Waals surface area contributed by atoms with Crippen molar-refractivity contribution in [3.8, 4) is 11.5 Å². The first-order valence-electron chi connectivity index (χ1n) is 9.97. The Labute approximate surface area is 211 Å². The van der Waals surface area contributed by atoms with Crippen LogP contribution in [0.1, 0.15) is 16.7 Å². The summed E-state index contributed by atoms with van der Waals surface area (Å²) in [7, 11) is 1.51. The molecular weight excluding hydrogens is 524 g/mol. The van der Waals surface area contributed by atoms with Crippen molar-refractivity contribution in [3.05, 3.63) is 69.1 Å². The zero-order valence-electron chi connectivity index (χ0n) is 18.4. The number of hydrogen-bond acceptors (Lipinski definition) is 6. The second-order valence-electron chi connectivity index (χ2n) is 7.20. The summed E-state index contributed by atoms with van der Waals surface area (Å²) in [5.74, 6) is 0.373. The van der Waals surface area contributed by atoms with Gasteiger partial charge in [-0.15, -0.1) is 6.58 Å². The number of halogens is 1. The van der Waals surface area contributed by atoms with Crippen molar-refractivity contribution < 1.29 is 19.1 Å². The molecule has 0 bridgehead atoms. The summed E-state index contributed by atoms with van der Waals surface area (Å²) in [5.41, 5.74) is 3.58. The zero-order chi connectivity index (χ0) is 24.1. The molecule has 0 saturated carbocycles. The van der Waals surface area contributed by atoms with Crippen LogP contribution in [0.5, 0.6) is 11.5 Å². The molecule has 172 valence electrons. The van der Waals surface area contributed by atoms with Gasteiger partial charge >= 0.3 is 0 Å². The molecule has 33 heavy (non-hydrogen) atoms. The van der Waals surface area contributed by atoms with Crippen LogP contribution in [-0.2, 0) is 9.59 Å². The number of carbonyl (C=O) groups excluding carboxylic acids is 2. The molecular formula is C24H23BrN2O4S2. The highest BCUT2D eigenvalue weighted by Crippen LogP contribution is 2.39. The van der Waals surface area contributed by atoms with E-state index in [1.807, 2.05) is 32.0 Å². The number of anilines is 1. The van der Waals surface area contributed by atoms with Crippen molar-refractivity contribution in [2.75, 3.05) is 25.6 Å². The maximum absolute atomic E-state index is 12.6. The summed E-state index contributed by atoms with van der Waals surface area (Å²) < 4.78 is 12.3. The van der Waals surface area contributed by atoms with E-state index in [-0.39, 0.29) is 18.4 Å². The highest BCUT2D eigenvalue weighted by atomic mass is 79.9. The molecule has 0 aromatic heterocycles. The van der Waals surface area contributed by atoms with Gasteiger partial charge in [0.15, 0.2) is 18.1 Å². The smallest absolute Gasteiger partial charge is 0.266 e. The Morgan fingerprint density at radius 2 is 2.09 bits per heavy atom. The number of methoxy groups -OCH3 is 1. The first-order valence-corrected chi connectivity index (χ1v) is 12.0. The van der Waals surface area contributed by atoms with Crippen molar-refractivity contribution >= 4 is 67.8 Å². The minimum Gasteiger partial charge on any atom is -0.493 e. The van der Waals surface area contributed by atoms with Crippen LogP contribution in [0, 0.1) is 13.8 Å². The molecule has 1 aliphatic heterocycles. The van der Waals surface area contributed by atoms with Gasteiger partial charge in [-0.05, 0) is 70.7 Å². The fourth-order valence-corrected chi connectivity index (χ4v) is 4.96. The van der Waals surface area contributed by atoms with Crippen LogP contribution in [0.25, 0.3) is 6.08 Å². The Balaban J connectivity index is 1.75.